The first-order chi connectivity index (χ1) is 8.81. The van der Waals surface area contributed by atoms with Crippen LogP contribution in [-0.4, -0.2) is 49.8 Å². The average Bonchev–Trinajstić information content (AvgIpc) is 2.59. The van der Waals surface area contributed by atoms with Crippen molar-refractivity contribution < 1.29 is 4.74 Å². The van der Waals surface area contributed by atoms with Crippen molar-refractivity contribution in [2.75, 3.05) is 32.8 Å². The Kier molecular flexibility index (Phi) is 5.93. The van der Waals surface area contributed by atoms with E-state index in [1.165, 1.54) is 38.6 Å². The first-order valence-corrected chi connectivity index (χ1v) is 7.86. The van der Waals surface area contributed by atoms with E-state index in [4.69, 9.17) is 4.74 Å². The third-order valence-electron chi connectivity index (χ3n) is 4.60. The second-order valence-electron chi connectivity index (χ2n) is 5.98. The molecule has 3 nitrogen and oxygen atoms in total. The van der Waals surface area contributed by atoms with Crippen LogP contribution in [0.5, 0.6) is 0 Å². The lowest BCUT2D eigenvalue weighted by molar-refractivity contribution is -0.0103. The van der Waals surface area contributed by atoms with Gasteiger partial charge in [0.05, 0.1) is 13.2 Å². The van der Waals surface area contributed by atoms with Crippen LogP contribution in [0.25, 0.3) is 0 Å². The molecular formula is C15H30N2O. The molecule has 0 aromatic carbocycles. The van der Waals surface area contributed by atoms with Gasteiger partial charge in [0.1, 0.15) is 0 Å². The highest BCUT2D eigenvalue weighted by Gasteiger charge is 2.27. The number of nitrogens with one attached hydrogen (secondary N) is 1. The number of morpholine rings is 1. The second kappa shape index (κ2) is 7.46. The van der Waals surface area contributed by atoms with Gasteiger partial charge < -0.3 is 10.1 Å². The van der Waals surface area contributed by atoms with E-state index in [-0.39, 0.29) is 0 Å². The van der Waals surface area contributed by atoms with Crippen LogP contribution in [-0.2, 0) is 4.74 Å². The fourth-order valence-electron chi connectivity index (χ4n) is 3.47. The molecule has 1 saturated carbocycles. The van der Waals surface area contributed by atoms with Crippen LogP contribution in [0.1, 0.15) is 46.0 Å². The van der Waals surface area contributed by atoms with Gasteiger partial charge in [-0.2, -0.15) is 0 Å². The highest BCUT2D eigenvalue weighted by atomic mass is 16.5. The summed E-state index contributed by atoms with van der Waals surface area (Å²) in [5, 5.41) is 3.72. The summed E-state index contributed by atoms with van der Waals surface area (Å²) in [5.41, 5.74) is 0. The van der Waals surface area contributed by atoms with Crippen LogP contribution in [0, 0.1) is 5.92 Å². The Morgan fingerprint density at radius 3 is 2.83 bits per heavy atom. The Morgan fingerprint density at radius 1 is 1.22 bits per heavy atom. The van der Waals surface area contributed by atoms with Crippen LogP contribution in [0.4, 0.5) is 0 Å². The zero-order valence-electron chi connectivity index (χ0n) is 12.2. The van der Waals surface area contributed by atoms with Crippen molar-refractivity contribution in [2.24, 2.45) is 5.92 Å². The van der Waals surface area contributed by atoms with Crippen molar-refractivity contribution in [1.82, 2.24) is 10.2 Å². The molecular weight excluding hydrogens is 224 g/mol. The molecule has 0 amide bonds. The lowest BCUT2D eigenvalue weighted by Crippen LogP contribution is -2.49. The highest BCUT2D eigenvalue weighted by Crippen LogP contribution is 2.25. The van der Waals surface area contributed by atoms with Crippen molar-refractivity contribution in [3.8, 4) is 0 Å². The van der Waals surface area contributed by atoms with Gasteiger partial charge in [0.2, 0.25) is 0 Å². The monoisotopic (exact) mass is 254 g/mol. The van der Waals surface area contributed by atoms with E-state index in [0.29, 0.717) is 6.04 Å². The van der Waals surface area contributed by atoms with Crippen molar-refractivity contribution in [2.45, 2.75) is 58.0 Å². The van der Waals surface area contributed by atoms with Gasteiger partial charge in [-0.05, 0) is 32.2 Å². The molecule has 0 radical (unpaired) electrons. The van der Waals surface area contributed by atoms with Gasteiger partial charge in [-0.15, -0.1) is 0 Å². The largest absolute Gasteiger partial charge is 0.379 e. The summed E-state index contributed by atoms with van der Waals surface area (Å²) in [7, 11) is 0. The topological polar surface area (TPSA) is 24.5 Å². The van der Waals surface area contributed by atoms with E-state index in [2.05, 4.69) is 24.1 Å². The van der Waals surface area contributed by atoms with Crippen molar-refractivity contribution in [3.63, 3.8) is 0 Å². The standard InChI is InChI=1S/C15H30N2O/c1-3-16-15-8-6-4-5-7-14(15)11-17-9-10-18-12-13(17)2/h13-16H,3-12H2,1-2H3. The van der Waals surface area contributed by atoms with Crippen LogP contribution in [0.3, 0.4) is 0 Å². The zero-order valence-corrected chi connectivity index (χ0v) is 12.2. The zero-order chi connectivity index (χ0) is 12.8. The molecule has 106 valence electrons. The number of hydrogen-bond donors (Lipinski definition) is 1. The molecule has 0 spiro atoms. The normalized spacial score (nSPS) is 35.3. The predicted octanol–water partition coefficient (Wildman–Crippen LogP) is 2.27. The maximum atomic E-state index is 5.54. The average molecular weight is 254 g/mol. The molecule has 0 aromatic rings. The Hall–Kier alpha value is -0.120. The Labute approximate surface area is 112 Å². The minimum absolute atomic E-state index is 0.601. The number of rotatable bonds is 4. The van der Waals surface area contributed by atoms with E-state index in [0.717, 1.165) is 38.3 Å². The Bertz CT molecular complexity index is 235. The third kappa shape index (κ3) is 3.94. The molecule has 1 saturated heterocycles. The maximum Gasteiger partial charge on any atom is 0.0619 e. The van der Waals surface area contributed by atoms with E-state index in [1.54, 1.807) is 0 Å². The Balaban J connectivity index is 1.90. The van der Waals surface area contributed by atoms with Gasteiger partial charge in [-0.1, -0.05) is 26.2 Å². The fraction of sp³-hybridized carbons (Fsp3) is 1.00. The lowest BCUT2D eigenvalue weighted by Gasteiger charge is -2.38. The SMILES string of the molecule is CCNC1CCCCCC1CN1CCOCC1C. The molecule has 0 aromatic heterocycles. The molecule has 3 atom stereocenters. The van der Waals surface area contributed by atoms with Crippen LogP contribution in [0.15, 0.2) is 0 Å². The molecule has 2 aliphatic rings. The van der Waals surface area contributed by atoms with E-state index >= 15 is 0 Å². The molecule has 0 bridgehead atoms. The van der Waals surface area contributed by atoms with Gasteiger partial charge in [0, 0.05) is 25.2 Å². The molecule has 2 rings (SSSR count). The summed E-state index contributed by atoms with van der Waals surface area (Å²) >= 11 is 0. The quantitative estimate of drug-likeness (QED) is 0.779. The Morgan fingerprint density at radius 2 is 2.06 bits per heavy atom. The fourth-order valence-corrected chi connectivity index (χ4v) is 3.47. The molecule has 3 unspecified atom stereocenters. The molecule has 1 heterocycles. The first kappa shape index (κ1) is 14.3. The molecule has 1 aliphatic heterocycles. The minimum atomic E-state index is 0.601. The predicted molar refractivity (Wildman–Crippen MR) is 75.9 cm³/mol. The first-order valence-electron chi connectivity index (χ1n) is 7.86. The summed E-state index contributed by atoms with van der Waals surface area (Å²) in [4.78, 5) is 2.64. The molecule has 1 aliphatic carbocycles. The van der Waals surface area contributed by atoms with Crippen LogP contribution in [0.2, 0.25) is 0 Å². The third-order valence-corrected chi connectivity index (χ3v) is 4.60. The van der Waals surface area contributed by atoms with Crippen LogP contribution >= 0.6 is 0 Å². The number of nitrogens with zero attached hydrogens (tertiary/aromatic N) is 1. The molecule has 2 fully saturated rings. The maximum absolute atomic E-state index is 5.54. The highest BCUT2D eigenvalue weighted by molar-refractivity contribution is 4.83. The van der Waals surface area contributed by atoms with Crippen molar-refractivity contribution >= 4 is 0 Å². The smallest absolute Gasteiger partial charge is 0.0619 e. The summed E-state index contributed by atoms with van der Waals surface area (Å²) < 4.78 is 5.54. The summed E-state index contributed by atoms with van der Waals surface area (Å²) in [6.45, 7) is 9.87. The van der Waals surface area contributed by atoms with Crippen LogP contribution < -0.4 is 5.32 Å². The summed E-state index contributed by atoms with van der Waals surface area (Å²) in [5.74, 6) is 0.841. The number of ether oxygens (including phenoxy) is 1. The van der Waals surface area contributed by atoms with Gasteiger partial charge >= 0.3 is 0 Å². The summed E-state index contributed by atoms with van der Waals surface area (Å²) in [6.07, 6.45) is 7.04. The number of hydrogen-bond acceptors (Lipinski definition) is 3. The lowest BCUT2D eigenvalue weighted by atomic mass is 9.93. The molecule has 3 heteroatoms. The molecule has 1 N–H and O–H groups in total. The van der Waals surface area contributed by atoms with Gasteiger partial charge in [0.25, 0.3) is 0 Å². The van der Waals surface area contributed by atoms with Gasteiger partial charge in [0.15, 0.2) is 0 Å². The van der Waals surface area contributed by atoms with E-state index in [1.807, 2.05) is 0 Å². The minimum Gasteiger partial charge on any atom is -0.379 e. The second-order valence-corrected chi connectivity index (χ2v) is 5.98. The van der Waals surface area contributed by atoms with Crippen molar-refractivity contribution in [1.29, 1.82) is 0 Å². The summed E-state index contributed by atoms with van der Waals surface area (Å²) in [6, 6.07) is 1.34. The van der Waals surface area contributed by atoms with E-state index < -0.39 is 0 Å². The van der Waals surface area contributed by atoms with Gasteiger partial charge in [-0.3, -0.25) is 4.90 Å². The van der Waals surface area contributed by atoms with Crippen molar-refractivity contribution in [3.05, 3.63) is 0 Å². The van der Waals surface area contributed by atoms with Gasteiger partial charge in [-0.25, -0.2) is 0 Å². The molecule has 18 heavy (non-hydrogen) atoms. The van der Waals surface area contributed by atoms with E-state index in [9.17, 15) is 0 Å².